The Morgan fingerprint density at radius 3 is 2.67 bits per heavy atom. The molecule has 6 nitrogen and oxygen atoms in total. The van der Waals surface area contributed by atoms with Crippen LogP contribution in [0, 0.1) is 6.92 Å². The van der Waals surface area contributed by atoms with Gasteiger partial charge in [-0.1, -0.05) is 19.6 Å². The third kappa shape index (κ3) is 3.61. The number of carbonyl (C=O) groups is 2. The first-order chi connectivity index (χ1) is 14.1. The van der Waals surface area contributed by atoms with E-state index in [9.17, 15) is 9.59 Å². The zero-order valence-corrected chi connectivity index (χ0v) is 19.4. The molecule has 0 saturated heterocycles. The minimum atomic E-state index is -1.20. The summed E-state index contributed by atoms with van der Waals surface area (Å²) in [5.74, 6) is 0.698. The lowest BCUT2D eigenvalue weighted by molar-refractivity contribution is -0.124. The van der Waals surface area contributed by atoms with Gasteiger partial charge in [-0.15, -0.1) is 0 Å². The van der Waals surface area contributed by atoms with E-state index in [4.69, 9.17) is 4.74 Å². The first-order valence-electron chi connectivity index (χ1n) is 10.5. The molecule has 2 aliphatic rings. The van der Waals surface area contributed by atoms with Gasteiger partial charge >= 0.3 is 0 Å². The smallest absolute Gasteiger partial charge is 0.241 e. The van der Waals surface area contributed by atoms with Crippen LogP contribution in [0.1, 0.15) is 39.7 Å². The first-order valence-corrected chi connectivity index (χ1v) is 14.2. The number of anilines is 1. The minimum Gasteiger partial charge on any atom is -0.361 e. The van der Waals surface area contributed by atoms with Crippen molar-refractivity contribution in [2.45, 2.75) is 57.8 Å². The monoisotopic (exact) mass is 423 g/mol. The van der Waals surface area contributed by atoms with Crippen LogP contribution in [0.2, 0.25) is 25.7 Å². The number of pyridine rings is 2. The molecule has 1 aliphatic carbocycles. The van der Waals surface area contributed by atoms with Crippen molar-refractivity contribution in [2.24, 2.45) is 0 Å². The highest BCUT2D eigenvalue weighted by Gasteiger charge is 2.55. The Labute approximate surface area is 178 Å². The Kier molecular flexibility index (Phi) is 5.14. The third-order valence-electron chi connectivity index (χ3n) is 6.07. The third-order valence-corrected chi connectivity index (χ3v) is 7.78. The van der Waals surface area contributed by atoms with E-state index in [2.05, 4.69) is 35.7 Å². The van der Waals surface area contributed by atoms with Crippen molar-refractivity contribution in [3.8, 4) is 0 Å². The Bertz CT molecular complexity index is 1030. The van der Waals surface area contributed by atoms with E-state index >= 15 is 0 Å². The number of hydrogen-bond donors (Lipinski definition) is 0. The molecule has 0 radical (unpaired) electrons. The lowest BCUT2D eigenvalue weighted by atomic mass is 9.79. The van der Waals surface area contributed by atoms with Gasteiger partial charge < -0.3 is 4.74 Å². The van der Waals surface area contributed by atoms with Crippen LogP contribution in [-0.4, -0.2) is 43.1 Å². The molecule has 1 atom stereocenters. The van der Waals surface area contributed by atoms with Gasteiger partial charge in [-0.25, -0.2) is 4.98 Å². The lowest BCUT2D eigenvalue weighted by Gasteiger charge is -2.23. The topological polar surface area (TPSA) is 72.4 Å². The summed E-state index contributed by atoms with van der Waals surface area (Å²) in [6.45, 7) is 11.3. The molecular weight excluding hydrogens is 394 g/mol. The number of nitrogens with zero attached hydrogens (tertiary/aromatic N) is 3. The number of aromatic nitrogens is 2. The van der Waals surface area contributed by atoms with Crippen LogP contribution in [-0.2, 0) is 27.8 Å². The summed E-state index contributed by atoms with van der Waals surface area (Å²) < 4.78 is 5.92. The summed E-state index contributed by atoms with van der Waals surface area (Å²) in [6, 6.07) is 5.01. The van der Waals surface area contributed by atoms with Crippen LogP contribution in [0.3, 0.4) is 0 Å². The van der Waals surface area contributed by atoms with Crippen molar-refractivity contribution in [1.82, 2.24) is 9.97 Å². The molecule has 1 aliphatic heterocycles. The van der Waals surface area contributed by atoms with E-state index < -0.39 is 13.5 Å². The van der Waals surface area contributed by atoms with Gasteiger partial charge in [0.05, 0.1) is 5.41 Å². The molecule has 3 heterocycles. The van der Waals surface area contributed by atoms with Crippen molar-refractivity contribution in [3.63, 3.8) is 0 Å². The highest BCUT2D eigenvalue weighted by Crippen LogP contribution is 2.49. The van der Waals surface area contributed by atoms with E-state index in [1.807, 2.05) is 13.0 Å². The number of ketones is 1. The molecule has 1 amide bonds. The zero-order valence-electron chi connectivity index (χ0n) is 18.4. The van der Waals surface area contributed by atoms with Crippen molar-refractivity contribution in [3.05, 3.63) is 52.5 Å². The fourth-order valence-electron chi connectivity index (χ4n) is 4.31. The molecule has 2 aromatic heterocycles. The van der Waals surface area contributed by atoms with Crippen LogP contribution in [0.5, 0.6) is 0 Å². The normalized spacial score (nSPS) is 20.0. The van der Waals surface area contributed by atoms with E-state index in [1.165, 1.54) is 6.92 Å². The standard InChI is InChI=1S/C23H29N3O3Si/c1-15-8-19-21(25-12-15)26(14-29-6-7-30(3,4)5)22(28)23(19)10-17-9-18(16(2)27)13-24-20(17)11-23/h8-9,12-13H,6-7,10-11,14H2,1-5H3/t23-/m0/s1. The minimum absolute atomic E-state index is 0.0145. The maximum atomic E-state index is 13.7. The number of fused-ring (bicyclic) bond motifs is 3. The molecule has 0 N–H and O–H groups in total. The maximum Gasteiger partial charge on any atom is 0.241 e. The van der Waals surface area contributed by atoms with Crippen molar-refractivity contribution in [1.29, 1.82) is 0 Å². The predicted octanol–water partition coefficient (Wildman–Crippen LogP) is 3.68. The van der Waals surface area contributed by atoms with E-state index in [0.29, 0.717) is 30.8 Å². The second kappa shape index (κ2) is 7.39. The summed E-state index contributed by atoms with van der Waals surface area (Å²) >= 11 is 0. The van der Waals surface area contributed by atoms with Gasteiger partial charge in [0.25, 0.3) is 0 Å². The van der Waals surface area contributed by atoms with Crippen molar-refractivity contribution < 1.29 is 14.3 Å². The first kappa shape index (κ1) is 20.9. The summed E-state index contributed by atoms with van der Waals surface area (Å²) in [4.78, 5) is 36.3. The number of aryl methyl sites for hydroxylation is 1. The molecule has 0 aromatic carbocycles. The highest BCUT2D eigenvalue weighted by atomic mass is 28.3. The number of hydrogen-bond acceptors (Lipinski definition) is 5. The Morgan fingerprint density at radius 1 is 1.20 bits per heavy atom. The second-order valence-electron chi connectivity index (χ2n) is 9.79. The molecule has 30 heavy (non-hydrogen) atoms. The summed E-state index contributed by atoms with van der Waals surface area (Å²) in [5, 5.41) is 0. The molecule has 1 spiro atoms. The SMILES string of the molecule is CC(=O)c1cnc2c(c1)C[C@@]1(C2)C(=O)N(COCC[Si](C)(C)C)c2ncc(C)cc21. The van der Waals surface area contributed by atoms with Crippen LogP contribution < -0.4 is 4.90 Å². The summed E-state index contributed by atoms with van der Waals surface area (Å²) in [7, 11) is -1.20. The summed E-state index contributed by atoms with van der Waals surface area (Å²) in [5.41, 5.74) is 3.72. The quantitative estimate of drug-likeness (QED) is 0.403. The van der Waals surface area contributed by atoms with E-state index in [1.54, 1.807) is 17.3 Å². The van der Waals surface area contributed by atoms with Crippen LogP contribution in [0.25, 0.3) is 0 Å². The van der Waals surface area contributed by atoms with Crippen molar-refractivity contribution >= 4 is 25.6 Å². The number of Topliss-reactive ketones (excluding diaryl/α,β-unsaturated/α-hetero) is 1. The molecule has 0 saturated carbocycles. The predicted molar refractivity (Wildman–Crippen MR) is 119 cm³/mol. The van der Waals surface area contributed by atoms with Crippen LogP contribution in [0.15, 0.2) is 24.5 Å². The average molecular weight is 424 g/mol. The molecular formula is C23H29N3O3Si. The van der Waals surface area contributed by atoms with Crippen LogP contribution in [0.4, 0.5) is 5.82 Å². The van der Waals surface area contributed by atoms with Gasteiger partial charge in [-0.2, -0.15) is 0 Å². The molecule has 0 unspecified atom stereocenters. The van der Waals surface area contributed by atoms with Gasteiger partial charge in [-0.3, -0.25) is 19.5 Å². The molecule has 4 rings (SSSR count). The van der Waals surface area contributed by atoms with Gasteiger partial charge in [0, 0.05) is 50.3 Å². The van der Waals surface area contributed by atoms with Gasteiger partial charge in [0.1, 0.15) is 12.5 Å². The second-order valence-corrected chi connectivity index (χ2v) is 15.4. The molecule has 0 bridgehead atoms. The van der Waals surface area contributed by atoms with E-state index in [-0.39, 0.29) is 18.4 Å². The molecule has 0 fully saturated rings. The van der Waals surface area contributed by atoms with Gasteiger partial charge in [0.15, 0.2) is 5.78 Å². The van der Waals surface area contributed by atoms with E-state index in [0.717, 1.165) is 28.4 Å². The fraction of sp³-hybridized carbons (Fsp3) is 0.478. The van der Waals surface area contributed by atoms with Gasteiger partial charge in [-0.05, 0) is 49.6 Å². The summed E-state index contributed by atoms with van der Waals surface area (Å²) in [6.07, 6.45) is 4.49. The number of amides is 1. The molecule has 158 valence electrons. The highest BCUT2D eigenvalue weighted by molar-refractivity contribution is 6.76. The maximum absolute atomic E-state index is 13.7. The number of ether oxygens (including phenoxy) is 1. The molecule has 2 aromatic rings. The Morgan fingerprint density at radius 2 is 1.97 bits per heavy atom. The fourth-order valence-corrected chi connectivity index (χ4v) is 5.07. The molecule has 7 heteroatoms. The number of rotatable bonds is 6. The largest absolute Gasteiger partial charge is 0.361 e. The average Bonchev–Trinajstić information content (AvgIpc) is 3.15. The number of carbonyl (C=O) groups excluding carboxylic acids is 2. The zero-order chi connectivity index (χ0) is 21.7. The Hall–Kier alpha value is -2.38. The lowest BCUT2D eigenvalue weighted by Crippen LogP contribution is -2.42. The Balaban J connectivity index is 1.64. The van der Waals surface area contributed by atoms with Crippen molar-refractivity contribution in [2.75, 3.05) is 18.2 Å². The van der Waals surface area contributed by atoms with Crippen LogP contribution >= 0.6 is 0 Å². The van der Waals surface area contributed by atoms with Gasteiger partial charge in [0.2, 0.25) is 5.91 Å².